The molecule has 0 bridgehead atoms. The lowest BCUT2D eigenvalue weighted by molar-refractivity contribution is -0.123. The number of carbonyl (C=O) groups excluding carboxylic acids is 1. The van der Waals surface area contributed by atoms with Gasteiger partial charge in [0.2, 0.25) is 5.91 Å². The third-order valence-corrected chi connectivity index (χ3v) is 3.96. The highest BCUT2D eigenvalue weighted by Crippen LogP contribution is 2.34. The summed E-state index contributed by atoms with van der Waals surface area (Å²) in [7, 11) is 0. The maximum Gasteiger partial charge on any atom is 0.236 e. The van der Waals surface area contributed by atoms with E-state index in [1.807, 2.05) is 0 Å². The number of unbranched alkanes of at least 4 members (excludes halogenated alkanes) is 1. The number of hydrogen-bond donors (Lipinski definition) is 2. The standard InChI is InChI=1S/C14H28N2O/c1-3-4-8-12(15)13(17)16-11-14(2)9-6-5-7-10-14/h12H,3-11,15H2,1-2H3,(H,16,17)/t12-/m0/s1. The lowest BCUT2D eigenvalue weighted by Crippen LogP contribution is -2.45. The third-order valence-electron chi connectivity index (χ3n) is 3.96. The summed E-state index contributed by atoms with van der Waals surface area (Å²) in [6.07, 6.45) is 9.35. The second-order valence-corrected chi connectivity index (χ2v) is 5.84. The van der Waals surface area contributed by atoms with E-state index in [-0.39, 0.29) is 11.9 Å². The Hall–Kier alpha value is -0.570. The van der Waals surface area contributed by atoms with E-state index in [0.717, 1.165) is 25.8 Å². The fourth-order valence-electron chi connectivity index (χ4n) is 2.57. The molecule has 1 rings (SSSR count). The molecule has 100 valence electrons. The van der Waals surface area contributed by atoms with E-state index in [9.17, 15) is 4.79 Å². The molecule has 17 heavy (non-hydrogen) atoms. The average Bonchev–Trinajstić information content (AvgIpc) is 2.34. The molecule has 1 saturated carbocycles. The van der Waals surface area contributed by atoms with Crippen LogP contribution in [0.2, 0.25) is 0 Å². The molecule has 0 aromatic carbocycles. The molecule has 3 nitrogen and oxygen atoms in total. The minimum Gasteiger partial charge on any atom is -0.354 e. The van der Waals surface area contributed by atoms with Gasteiger partial charge in [-0.15, -0.1) is 0 Å². The van der Waals surface area contributed by atoms with Crippen LogP contribution in [0.15, 0.2) is 0 Å². The van der Waals surface area contributed by atoms with Crippen LogP contribution in [0, 0.1) is 5.41 Å². The molecular weight excluding hydrogens is 212 g/mol. The summed E-state index contributed by atoms with van der Waals surface area (Å²) in [5, 5.41) is 3.04. The van der Waals surface area contributed by atoms with Crippen molar-refractivity contribution in [3.63, 3.8) is 0 Å². The number of amides is 1. The van der Waals surface area contributed by atoms with Crippen LogP contribution in [0.5, 0.6) is 0 Å². The molecule has 0 unspecified atom stereocenters. The van der Waals surface area contributed by atoms with Gasteiger partial charge in [0.25, 0.3) is 0 Å². The molecule has 0 saturated heterocycles. The van der Waals surface area contributed by atoms with Crippen molar-refractivity contribution in [2.75, 3.05) is 6.54 Å². The van der Waals surface area contributed by atoms with Gasteiger partial charge in [0.15, 0.2) is 0 Å². The van der Waals surface area contributed by atoms with E-state index in [0.29, 0.717) is 5.41 Å². The van der Waals surface area contributed by atoms with E-state index >= 15 is 0 Å². The van der Waals surface area contributed by atoms with Crippen molar-refractivity contribution in [2.45, 2.75) is 71.3 Å². The first-order valence-corrected chi connectivity index (χ1v) is 7.11. The summed E-state index contributed by atoms with van der Waals surface area (Å²) in [5.74, 6) is 0.0326. The second-order valence-electron chi connectivity index (χ2n) is 5.84. The minimum absolute atomic E-state index is 0.0326. The van der Waals surface area contributed by atoms with Gasteiger partial charge in [-0.05, 0) is 24.7 Å². The van der Waals surface area contributed by atoms with Gasteiger partial charge in [0.1, 0.15) is 0 Å². The molecular formula is C14H28N2O. The van der Waals surface area contributed by atoms with Gasteiger partial charge in [-0.2, -0.15) is 0 Å². The molecule has 3 N–H and O–H groups in total. The van der Waals surface area contributed by atoms with Crippen LogP contribution in [0.3, 0.4) is 0 Å². The molecule has 1 fully saturated rings. The van der Waals surface area contributed by atoms with Gasteiger partial charge in [-0.25, -0.2) is 0 Å². The van der Waals surface area contributed by atoms with Crippen molar-refractivity contribution in [3.05, 3.63) is 0 Å². The van der Waals surface area contributed by atoms with Crippen LogP contribution in [-0.2, 0) is 4.79 Å². The van der Waals surface area contributed by atoms with Crippen molar-refractivity contribution in [1.82, 2.24) is 5.32 Å². The summed E-state index contributed by atoms with van der Waals surface area (Å²) in [5.41, 5.74) is 6.15. The van der Waals surface area contributed by atoms with Gasteiger partial charge in [0, 0.05) is 6.54 Å². The van der Waals surface area contributed by atoms with E-state index in [4.69, 9.17) is 5.73 Å². The molecule has 1 atom stereocenters. The quantitative estimate of drug-likeness (QED) is 0.750. The number of nitrogens with one attached hydrogen (secondary N) is 1. The van der Waals surface area contributed by atoms with Crippen LogP contribution in [-0.4, -0.2) is 18.5 Å². The first kappa shape index (κ1) is 14.5. The maximum absolute atomic E-state index is 11.8. The maximum atomic E-state index is 11.8. The Labute approximate surface area is 106 Å². The summed E-state index contributed by atoms with van der Waals surface area (Å²) in [4.78, 5) is 11.8. The normalized spacial score (nSPS) is 20.9. The monoisotopic (exact) mass is 240 g/mol. The Morgan fingerprint density at radius 1 is 1.35 bits per heavy atom. The third kappa shape index (κ3) is 5.07. The van der Waals surface area contributed by atoms with Gasteiger partial charge in [-0.3, -0.25) is 4.79 Å². The molecule has 1 aliphatic carbocycles. The van der Waals surface area contributed by atoms with Gasteiger partial charge < -0.3 is 11.1 Å². The number of rotatable bonds is 6. The summed E-state index contributed by atoms with van der Waals surface area (Å²) in [6, 6.07) is -0.317. The molecule has 1 amide bonds. The highest BCUT2D eigenvalue weighted by molar-refractivity contribution is 5.81. The van der Waals surface area contributed by atoms with Crippen molar-refractivity contribution in [3.8, 4) is 0 Å². The van der Waals surface area contributed by atoms with Gasteiger partial charge in [-0.1, -0.05) is 46.0 Å². The van der Waals surface area contributed by atoms with Gasteiger partial charge >= 0.3 is 0 Å². The summed E-state index contributed by atoms with van der Waals surface area (Å²) < 4.78 is 0. The molecule has 1 aliphatic rings. The first-order chi connectivity index (χ1) is 8.07. The average molecular weight is 240 g/mol. The fourth-order valence-corrected chi connectivity index (χ4v) is 2.57. The fraction of sp³-hybridized carbons (Fsp3) is 0.929. The van der Waals surface area contributed by atoms with Crippen molar-refractivity contribution in [2.24, 2.45) is 11.1 Å². The number of carbonyl (C=O) groups is 1. The number of hydrogen-bond acceptors (Lipinski definition) is 2. The Morgan fingerprint density at radius 2 is 2.00 bits per heavy atom. The molecule has 0 aromatic rings. The Kier molecular flexibility index (Phi) is 5.96. The molecule has 0 spiro atoms. The zero-order chi connectivity index (χ0) is 12.7. The van der Waals surface area contributed by atoms with Crippen molar-refractivity contribution < 1.29 is 4.79 Å². The van der Waals surface area contributed by atoms with Crippen LogP contribution in [0.4, 0.5) is 0 Å². The SMILES string of the molecule is CCCC[C@H](N)C(=O)NCC1(C)CCCCC1. The molecule has 0 heterocycles. The molecule has 0 aliphatic heterocycles. The van der Waals surface area contributed by atoms with E-state index in [1.165, 1.54) is 32.1 Å². The van der Waals surface area contributed by atoms with Crippen LogP contribution < -0.4 is 11.1 Å². The Balaban J connectivity index is 2.26. The highest BCUT2D eigenvalue weighted by Gasteiger charge is 2.27. The van der Waals surface area contributed by atoms with Crippen LogP contribution in [0.1, 0.15) is 65.2 Å². The predicted octanol–water partition coefficient (Wildman–Crippen LogP) is 2.59. The molecule has 0 aromatic heterocycles. The lowest BCUT2D eigenvalue weighted by atomic mass is 9.76. The second kappa shape index (κ2) is 7.00. The van der Waals surface area contributed by atoms with Crippen molar-refractivity contribution in [1.29, 1.82) is 0 Å². The largest absolute Gasteiger partial charge is 0.354 e. The van der Waals surface area contributed by atoms with Crippen LogP contribution in [0.25, 0.3) is 0 Å². The zero-order valence-electron chi connectivity index (χ0n) is 11.4. The van der Waals surface area contributed by atoms with Gasteiger partial charge in [0.05, 0.1) is 6.04 Å². The highest BCUT2D eigenvalue weighted by atomic mass is 16.2. The number of nitrogens with two attached hydrogens (primary N) is 1. The van der Waals surface area contributed by atoms with E-state index < -0.39 is 0 Å². The molecule has 0 radical (unpaired) electrons. The van der Waals surface area contributed by atoms with E-state index in [1.54, 1.807) is 0 Å². The lowest BCUT2D eigenvalue weighted by Gasteiger charge is -2.34. The van der Waals surface area contributed by atoms with Crippen molar-refractivity contribution >= 4 is 5.91 Å². The van der Waals surface area contributed by atoms with Crippen LogP contribution >= 0.6 is 0 Å². The smallest absolute Gasteiger partial charge is 0.236 e. The summed E-state index contributed by atoms with van der Waals surface area (Å²) >= 11 is 0. The summed E-state index contributed by atoms with van der Waals surface area (Å²) in [6.45, 7) is 5.20. The minimum atomic E-state index is -0.317. The zero-order valence-corrected chi connectivity index (χ0v) is 11.4. The Bertz CT molecular complexity index is 234. The molecule has 3 heteroatoms. The predicted molar refractivity (Wildman–Crippen MR) is 71.7 cm³/mol. The topological polar surface area (TPSA) is 55.1 Å². The first-order valence-electron chi connectivity index (χ1n) is 7.11. The Morgan fingerprint density at radius 3 is 2.59 bits per heavy atom. The van der Waals surface area contributed by atoms with E-state index in [2.05, 4.69) is 19.2 Å².